The fourth-order valence-corrected chi connectivity index (χ4v) is 3.32. The van der Waals surface area contributed by atoms with E-state index in [1.165, 1.54) is 5.56 Å². The Morgan fingerprint density at radius 2 is 2.35 bits per heavy atom. The van der Waals surface area contributed by atoms with Gasteiger partial charge in [-0.25, -0.2) is 9.59 Å². The van der Waals surface area contributed by atoms with Crippen LogP contribution in [0.3, 0.4) is 0 Å². The van der Waals surface area contributed by atoms with E-state index in [-0.39, 0.29) is 18.2 Å². The standard InChI is InChI=1S/C15H16N2O3/c1-2-20-15(19)17-12-5-6-14(17)13-8-11(16-9-18)4-3-10(13)7-12/h3-4,8,12,14H,2,5-7H2,1H3. The lowest BCUT2D eigenvalue weighted by molar-refractivity contribution is 0.0839. The van der Waals surface area contributed by atoms with Gasteiger partial charge in [-0.05, 0) is 49.4 Å². The average Bonchev–Trinajstić information content (AvgIpc) is 2.76. The summed E-state index contributed by atoms with van der Waals surface area (Å²) in [5.74, 6) is 0. The highest BCUT2D eigenvalue weighted by Gasteiger charge is 2.43. The normalized spacial score (nSPS) is 22.9. The van der Waals surface area contributed by atoms with Crippen molar-refractivity contribution in [1.29, 1.82) is 0 Å². The second-order valence-electron chi connectivity index (χ2n) is 5.14. The molecule has 5 nitrogen and oxygen atoms in total. The number of hydrogen-bond donors (Lipinski definition) is 0. The number of aliphatic imine (C=N–C) groups is 1. The van der Waals surface area contributed by atoms with Gasteiger partial charge in [0.05, 0.1) is 18.3 Å². The highest BCUT2D eigenvalue weighted by Crippen LogP contribution is 2.44. The molecule has 2 bridgehead atoms. The lowest BCUT2D eigenvalue weighted by Gasteiger charge is -2.35. The van der Waals surface area contributed by atoms with Crippen molar-refractivity contribution in [2.45, 2.75) is 38.3 Å². The van der Waals surface area contributed by atoms with Gasteiger partial charge in [0.2, 0.25) is 6.08 Å². The third-order valence-electron chi connectivity index (χ3n) is 4.10. The van der Waals surface area contributed by atoms with Gasteiger partial charge in [0.25, 0.3) is 0 Å². The van der Waals surface area contributed by atoms with Gasteiger partial charge >= 0.3 is 6.09 Å². The molecule has 0 radical (unpaired) electrons. The van der Waals surface area contributed by atoms with Crippen LogP contribution in [0.15, 0.2) is 23.2 Å². The molecule has 0 N–H and O–H groups in total. The molecule has 1 saturated heterocycles. The summed E-state index contributed by atoms with van der Waals surface area (Å²) in [5.41, 5.74) is 2.92. The number of benzene rings is 1. The van der Waals surface area contributed by atoms with Crippen molar-refractivity contribution in [3.63, 3.8) is 0 Å². The second kappa shape index (κ2) is 5.10. The van der Waals surface area contributed by atoms with Crippen LogP contribution in [0.4, 0.5) is 10.5 Å². The Balaban J connectivity index is 1.97. The highest BCUT2D eigenvalue weighted by molar-refractivity contribution is 5.70. The number of rotatable bonds is 2. The van der Waals surface area contributed by atoms with E-state index >= 15 is 0 Å². The minimum Gasteiger partial charge on any atom is -0.450 e. The van der Waals surface area contributed by atoms with Crippen LogP contribution < -0.4 is 0 Å². The first-order chi connectivity index (χ1) is 9.74. The van der Waals surface area contributed by atoms with Gasteiger partial charge in [0.1, 0.15) is 0 Å². The van der Waals surface area contributed by atoms with Crippen LogP contribution in [-0.2, 0) is 16.0 Å². The van der Waals surface area contributed by atoms with Crippen LogP contribution in [0.5, 0.6) is 0 Å². The summed E-state index contributed by atoms with van der Waals surface area (Å²) >= 11 is 0. The van der Waals surface area contributed by atoms with Crippen molar-refractivity contribution >= 4 is 17.9 Å². The van der Waals surface area contributed by atoms with E-state index in [0.29, 0.717) is 12.3 Å². The van der Waals surface area contributed by atoms with Gasteiger partial charge in [0, 0.05) is 6.04 Å². The molecule has 20 heavy (non-hydrogen) atoms. The summed E-state index contributed by atoms with van der Waals surface area (Å²) in [6.45, 7) is 2.20. The molecule has 2 unspecified atom stereocenters. The van der Waals surface area contributed by atoms with E-state index in [0.717, 1.165) is 24.8 Å². The molecule has 0 spiro atoms. The fraction of sp³-hybridized carbons (Fsp3) is 0.467. The van der Waals surface area contributed by atoms with Crippen molar-refractivity contribution in [3.8, 4) is 0 Å². The second-order valence-corrected chi connectivity index (χ2v) is 5.14. The first-order valence-electron chi connectivity index (χ1n) is 6.90. The molecule has 5 heteroatoms. The summed E-state index contributed by atoms with van der Waals surface area (Å²) in [5, 5.41) is 0. The topological polar surface area (TPSA) is 59.0 Å². The third-order valence-corrected chi connectivity index (χ3v) is 4.10. The van der Waals surface area contributed by atoms with Gasteiger partial charge in [-0.3, -0.25) is 4.90 Å². The molecule has 2 atom stereocenters. The lowest BCUT2D eigenvalue weighted by Crippen LogP contribution is -2.42. The third kappa shape index (κ3) is 2.00. The highest BCUT2D eigenvalue weighted by atomic mass is 16.6. The molecule has 1 aromatic rings. The predicted octanol–water partition coefficient (Wildman–Crippen LogP) is 2.87. The number of carbonyl (C=O) groups is 1. The molecule has 1 aromatic carbocycles. The Bertz CT molecular complexity index is 593. The number of fused-ring (bicyclic) bond motifs is 4. The van der Waals surface area contributed by atoms with Crippen molar-refractivity contribution in [2.24, 2.45) is 4.99 Å². The summed E-state index contributed by atoms with van der Waals surface area (Å²) < 4.78 is 5.16. The van der Waals surface area contributed by atoms with Crippen LogP contribution in [0.25, 0.3) is 0 Å². The van der Waals surface area contributed by atoms with Gasteiger partial charge in [-0.2, -0.15) is 4.99 Å². The first-order valence-corrected chi connectivity index (χ1v) is 6.90. The number of amides is 1. The number of ether oxygens (including phenoxy) is 1. The number of nitrogens with zero attached hydrogens (tertiary/aromatic N) is 2. The zero-order valence-electron chi connectivity index (χ0n) is 11.3. The summed E-state index contributed by atoms with van der Waals surface area (Å²) in [4.78, 5) is 28.0. The Morgan fingerprint density at radius 1 is 1.50 bits per heavy atom. The van der Waals surface area contributed by atoms with Crippen molar-refractivity contribution in [2.75, 3.05) is 6.61 Å². The number of hydrogen-bond acceptors (Lipinski definition) is 4. The Kier molecular flexibility index (Phi) is 3.28. The van der Waals surface area contributed by atoms with Crippen LogP contribution in [0.2, 0.25) is 0 Å². The largest absolute Gasteiger partial charge is 0.450 e. The van der Waals surface area contributed by atoms with Crippen molar-refractivity contribution in [3.05, 3.63) is 29.3 Å². The molecular formula is C15H16N2O3. The maximum Gasteiger partial charge on any atom is 0.410 e. The van der Waals surface area contributed by atoms with Gasteiger partial charge in [-0.15, -0.1) is 0 Å². The molecule has 0 saturated carbocycles. The Labute approximate surface area is 117 Å². The minimum atomic E-state index is -0.241. The van der Waals surface area contributed by atoms with E-state index in [1.807, 2.05) is 30.0 Å². The van der Waals surface area contributed by atoms with Gasteiger partial charge < -0.3 is 4.74 Å². The van der Waals surface area contributed by atoms with Crippen LogP contribution in [0, 0.1) is 0 Å². The van der Waals surface area contributed by atoms with Crippen molar-refractivity contribution in [1.82, 2.24) is 4.90 Å². The van der Waals surface area contributed by atoms with E-state index in [4.69, 9.17) is 4.74 Å². The maximum absolute atomic E-state index is 12.1. The molecule has 0 aliphatic carbocycles. The van der Waals surface area contributed by atoms with E-state index in [2.05, 4.69) is 4.99 Å². The molecule has 3 rings (SSSR count). The van der Waals surface area contributed by atoms with Gasteiger partial charge in [0.15, 0.2) is 0 Å². The first kappa shape index (κ1) is 12.9. The Hall–Kier alpha value is -2.13. The average molecular weight is 272 g/mol. The number of carbonyl (C=O) groups excluding carboxylic acids is 2. The zero-order valence-corrected chi connectivity index (χ0v) is 11.3. The zero-order chi connectivity index (χ0) is 14.1. The summed E-state index contributed by atoms with van der Waals surface area (Å²) in [6, 6.07) is 5.98. The maximum atomic E-state index is 12.1. The molecule has 0 aromatic heterocycles. The van der Waals surface area contributed by atoms with Gasteiger partial charge in [-0.1, -0.05) is 6.07 Å². The van der Waals surface area contributed by atoms with E-state index < -0.39 is 0 Å². The molecule has 1 fully saturated rings. The lowest BCUT2D eigenvalue weighted by atomic mass is 9.93. The molecular weight excluding hydrogens is 256 g/mol. The summed E-state index contributed by atoms with van der Waals surface area (Å²) in [7, 11) is 0. The van der Waals surface area contributed by atoms with Crippen LogP contribution in [-0.4, -0.2) is 29.7 Å². The monoisotopic (exact) mass is 272 g/mol. The quantitative estimate of drug-likeness (QED) is 0.614. The SMILES string of the molecule is CCOC(=O)N1C2CCC1c1cc(N=C=O)ccc1C2. The van der Waals surface area contributed by atoms with E-state index in [9.17, 15) is 9.59 Å². The van der Waals surface area contributed by atoms with Crippen LogP contribution in [0.1, 0.15) is 36.9 Å². The molecule has 2 aliphatic rings. The molecule has 2 aliphatic heterocycles. The van der Waals surface area contributed by atoms with Crippen molar-refractivity contribution < 1.29 is 14.3 Å². The van der Waals surface area contributed by atoms with E-state index in [1.54, 1.807) is 6.08 Å². The smallest absolute Gasteiger partial charge is 0.410 e. The summed E-state index contributed by atoms with van der Waals surface area (Å²) in [6.07, 6.45) is 4.09. The Morgan fingerprint density at radius 3 is 3.10 bits per heavy atom. The van der Waals surface area contributed by atoms with Crippen LogP contribution >= 0.6 is 0 Å². The predicted molar refractivity (Wildman–Crippen MR) is 72.6 cm³/mol. The fourth-order valence-electron chi connectivity index (χ4n) is 3.32. The molecule has 1 amide bonds. The molecule has 104 valence electrons. The molecule has 2 heterocycles. The number of isocyanates is 1. The minimum absolute atomic E-state index is 0.0459.